The molecule has 0 aliphatic heterocycles. The molecule has 0 fully saturated rings. The molecule has 0 amide bonds. The Morgan fingerprint density at radius 2 is 1.82 bits per heavy atom. The Morgan fingerprint density at radius 1 is 1.09 bits per heavy atom. The van der Waals surface area contributed by atoms with Crippen molar-refractivity contribution in [3.05, 3.63) is 65.4 Å². The molecule has 0 saturated carbocycles. The number of carbonyl (C=O) groups excluding carboxylic acids is 1. The number of benzene rings is 2. The van der Waals surface area contributed by atoms with Crippen LogP contribution in [0.4, 0.5) is 0 Å². The molecule has 22 heavy (non-hydrogen) atoms. The fourth-order valence-electron chi connectivity index (χ4n) is 2.83. The van der Waals surface area contributed by atoms with Gasteiger partial charge in [0.05, 0.1) is 5.52 Å². The largest absolute Gasteiger partial charge is 0.427 e. The molecule has 0 bridgehead atoms. The van der Waals surface area contributed by atoms with Gasteiger partial charge in [-0.1, -0.05) is 30.3 Å². The van der Waals surface area contributed by atoms with E-state index in [1.54, 1.807) is 0 Å². The van der Waals surface area contributed by atoms with E-state index in [0.29, 0.717) is 5.75 Å². The molecule has 112 valence electrons. The number of aromatic nitrogens is 1. The number of ether oxygens (including phenoxy) is 1. The van der Waals surface area contributed by atoms with Crippen molar-refractivity contribution >= 4 is 16.9 Å². The second kappa shape index (κ2) is 5.68. The van der Waals surface area contributed by atoms with Crippen LogP contribution in [-0.4, -0.2) is 10.5 Å². The summed E-state index contributed by atoms with van der Waals surface area (Å²) < 4.78 is 7.50. The summed E-state index contributed by atoms with van der Waals surface area (Å²) in [6, 6.07) is 16.2. The smallest absolute Gasteiger partial charge is 0.308 e. The van der Waals surface area contributed by atoms with E-state index in [1.165, 1.54) is 29.1 Å². The molecular formula is C19H19NO2. The maximum absolute atomic E-state index is 11.2. The third kappa shape index (κ3) is 2.62. The van der Waals surface area contributed by atoms with Gasteiger partial charge in [-0.15, -0.1) is 0 Å². The summed E-state index contributed by atoms with van der Waals surface area (Å²) >= 11 is 0. The molecule has 0 aliphatic rings. The van der Waals surface area contributed by atoms with E-state index < -0.39 is 0 Å². The molecule has 0 spiro atoms. The molecule has 3 heteroatoms. The highest BCUT2D eigenvalue weighted by Gasteiger charge is 2.12. The molecule has 3 nitrogen and oxygen atoms in total. The predicted octanol–water partition coefficient (Wildman–Crippen LogP) is 4.23. The first-order chi connectivity index (χ1) is 10.6. The zero-order valence-corrected chi connectivity index (χ0v) is 13.1. The number of fused-ring (bicyclic) bond motifs is 1. The first-order valence-corrected chi connectivity index (χ1v) is 7.38. The van der Waals surface area contributed by atoms with Crippen LogP contribution >= 0.6 is 0 Å². The molecule has 0 radical (unpaired) electrons. The number of hydrogen-bond donors (Lipinski definition) is 0. The summed E-state index contributed by atoms with van der Waals surface area (Å²) in [5, 5.41) is 1.20. The molecule has 2 aromatic carbocycles. The Morgan fingerprint density at radius 3 is 2.50 bits per heavy atom. The lowest BCUT2D eigenvalue weighted by Gasteiger charge is -2.09. The molecule has 3 aromatic rings. The predicted molar refractivity (Wildman–Crippen MR) is 88.3 cm³/mol. The maximum atomic E-state index is 11.2. The van der Waals surface area contributed by atoms with Crippen molar-refractivity contribution in [2.45, 2.75) is 27.3 Å². The Bertz CT molecular complexity index is 832. The van der Waals surface area contributed by atoms with E-state index >= 15 is 0 Å². The zero-order chi connectivity index (χ0) is 15.7. The number of aryl methyl sites for hydroxylation is 1. The summed E-state index contributed by atoms with van der Waals surface area (Å²) in [6.45, 7) is 6.48. The second-order valence-corrected chi connectivity index (χ2v) is 5.55. The van der Waals surface area contributed by atoms with Crippen molar-refractivity contribution in [3.8, 4) is 5.75 Å². The SMILES string of the molecule is CC(=O)Oc1ccc2c(C)c(C)n(Cc3ccccc3)c2c1. The van der Waals surface area contributed by atoms with E-state index in [-0.39, 0.29) is 5.97 Å². The van der Waals surface area contributed by atoms with Crippen molar-refractivity contribution in [2.75, 3.05) is 0 Å². The molecule has 3 rings (SSSR count). The maximum Gasteiger partial charge on any atom is 0.308 e. The minimum absolute atomic E-state index is 0.297. The molecule has 0 aliphatic carbocycles. The van der Waals surface area contributed by atoms with Gasteiger partial charge in [0.2, 0.25) is 0 Å². The van der Waals surface area contributed by atoms with Crippen LogP contribution in [0, 0.1) is 13.8 Å². The van der Waals surface area contributed by atoms with Crippen LogP contribution in [0.3, 0.4) is 0 Å². The minimum Gasteiger partial charge on any atom is -0.427 e. The lowest BCUT2D eigenvalue weighted by Crippen LogP contribution is -2.03. The highest BCUT2D eigenvalue weighted by atomic mass is 16.5. The summed E-state index contributed by atoms with van der Waals surface area (Å²) in [6.07, 6.45) is 0. The summed E-state index contributed by atoms with van der Waals surface area (Å²) in [5.41, 5.74) is 4.84. The van der Waals surface area contributed by atoms with Crippen LogP contribution in [-0.2, 0) is 11.3 Å². The molecule has 0 atom stereocenters. The Labute approximate surface area is 130 Å². The number of rotatable bonds is 3. The molecule has 1 aromatic heterocycles. The van der Waals surface area contributed by atoms with E-state index in [2.05, 4.69) is 30.5 Å². The van der Waals surface area contributed by atoms with Gasteiger partial charge in [0.25, 0.3) is 0 Å². The van der Waals surface area contributed by atoms with E-state index in [9.17, 15) is 4.79 Å². The molecule has 0 saturated heterocycles. The summed E-state index contributed by atoms with van der Waals surface area (Å²) in [4.78, 5) is 11.2. The summed E-state index contributed by atoms with van der Waals surface area (Å²) in [5.74, 6) is 0.292. The second-order valence-electron chi connectivity index (χ2n) is 5.55. The quantitative estimate of drug-likeness (QED) is 0.534. The van der Waals surface area contributed by atoms with Crippen molar-refractivity contribution in [3.63, 3.8) is 0 Å². The van der Waals surface area contributed by atoms with Crippen LogP contribution in [0.5, 0.6) is 5.75 Å². The molecular weight excluding hydrogens is 274 g/mol. The van der Waals surface area contributed by atoms with E-state index in [1.807, 2.05) is 36.4 Å². The van der Waals surface area contributed by atoms with Crippen LogP contribution in [0.2, 0.25) is 0 Å². The van der Waals surface area contributed by atoms with Crippen molar-refractivity contribution in [1.29, 1.82) is 0 Å². The first kappa shape index (κ1) is 14.4. The molecule has 0 unspecified atom stereocenters. The van der Waals surface area contributed by atoms with Gasteiger partial charge in [0.1, 0.15) is 5.75 Å². The van der Waals surface area contributed by atoms with Crippen LogP contribution in [0.25, 0.3) is 10.9 Å². The van der Waals surface area contributed by atoms with Crippen LogP contribution in [0.1, 0.15) is 23.7 Å². The van der Waals surface area contributed by atoms with Crippen LogP contribution in [0.15, 0.2) is 48.5 Å². The Kier molecular flexibility index (Phi) is 3.72. The number of nitrogens with zero attached hydrogens (tertiary/aromatic N) is 1. The van der Waals surface area contributed by atoms with Gasteiger partial charge in [0, 0.05) is 30.6 Å². The number of hydrogen-bond acceptors (Lipinski definition) is 2. The first-order valence-electron chi connectivity index (χ1n) is 7.38. The zero-order valence-electron chi connectivity index (χ0n) is 13.1. The van der Waals surface area contributed by atoms with Gasteiger partial charge in [-0.3, -0.25) is 4.79 Å². The normalized spacial score (nSPS) is 10.9. The van der Waals surface area contributed by atoms with Crippen molar-refractivity contribution in [1.82, 2.24) is 4.57 Å². The molecule has 1 heterocycles. The highest BCUT2D eigenvalue weighted by molar-refractivity contribution is 5.87. The van der Waals surface area contributed by atoms with Gasteiger partial charge in [-0.25, -0.2) is 0 Å². The fraction of sp³-hybridized carbons (Fsp3) is 0.211. The number of esters is 1. The monoisotopic (exact) mass is 293 g/mol. The van der Waals surface area contributed by atoms with Crippen LogP contribution < -0.4 is 4.74 Å². The minimum atomic E-state index is -0.297. The average molecular weight is 293 g/mol. The highest BCUT2D eigenvalue weighted by Crippen LogP contribution is 2.29. The summed E-state index contributed by atoms with van der Waals surface area (Å²) in [7, 11) is 0. The van der Waals surface area contributed by atoms with Gasteiger partial charge >= 0.3 is 5.97 Å². The van der Waals surface area contributed by atoms with E-state index in [0.717, 1.165) is 12.1 Å². The lowest BCUT2D eigenvalue weighted by atomic mass is 10.1. The lowest BCUT2D eigenvalue weighted by molar-refractivity contribution is -0.131. The van der Waals surface area contributed by atoms with Gasteiger partial charge in [-0.05, 0) is 37.1 Å². The van der Waals surface area contributed by atoms with E-state index in [4.69, 9.17) is 4.74 Å². The average Bonchev–Trinajstić information content (AvgIpc) is 2.73. The number of carbonyl (C=O) groups is 1. The Balaban J connectivity index is 2.11. The molecule has 0 N–H and O–H groups in total. The third-order valence-corrected chi connectivity index (χ3v) is 4.06. The van der Waals surface area contributed by atoms with Gasteiger partial charge in [-0.2, -0.15) is 0 Å². The third-order valence-electron chi connectivity index (χ3n) is 4.06. The van der Waals surface area contributed by atoms with Crippen molar-refractivity contribution in [2.24, 2.45) is 0 Å². The van der Waals surface area contributed by atoms with Gasteiger partial charge < -0.3 is 9.30 Å². The van der Waals surface area contributed by atoms with Gasteiger partial charge in [0.15, 0.2) is 0 Å². The standard InChI is InChI=1S/C19H19NO2/c1-13-14(2)20(12-16-7-5-4-6-8-16)19-11-17(22-15(3)21)9-10-18(13)19/h4-11H,12H2,1-3H3. The Hall–Kier alpha value is -2.55. The fourth-order valence-corrected chi connectivity index (χ4v) is 2.83. The van der Waals surface area contributed by atoms with Crippen molar-refractivity contribution < 1.29 is 9.53 Å². The topological polar surface area (TPSA) is 31.2 Å².